The number of carbonyl (C=O) groups is 1. The van der Waals surface area contributed by atoms with E-state index in [1.165, 1.54) is 67.8 Å². The molecule has 6 heteroatoms. The normalized spacial score (nSPS) is 13.4. The van der Waals surface area contributed by atoms with Crippen LogP contribution in [0.15, 0.2) is 30.5 Å². The first-order chi connectivity index (χ1) is 17.6. The summed E-state index contributed by atoms with van der Waals surface area (Å²) in [6, 6.07) is 8.30. The van der Waals surface area contributed by atoms with Gasteiger partial charge in [0.15, 0.2) is 35.7 Å². The summed E-state index contributed by atoms with van der Waals surface area (Å²) in [6.07, 6.45) is 12.8. The van der Waals surface area contributed by atoms with Crippen molar-refractivity contribution in [3.8, 4) is 34.3 Å². The number of nitrogens with zero attached hydrogens (tertiary/aromatic N) is 1. The average molecular weight is 491 g/mol. The smallest absolute Gasteiger partial charge is 0.308 e. The molecule has 0 unspecified atom stereocenters. The summed E-state index contributed by atoms with van der Waals surface area (Å²) in [5, 5.41) is 2.02. The molecule has 36 heavy (non-hydrogen) atoms. The van der Waals surface area contributed by atoms with Gasteiger partial charge in [0.2, 0.25) is 12.5 Å². The minimum atomic E-state index is -0.352. The van der Waals surface area contributed by atoms with Crippen molar-refractivity contribution >= 4 is 16.7 Å². The second-order valence-corrected chi connectivity index (χ2v) is 9.79. The van der Waals surface area contributed by atoms with Crippen molar-refractivity contribution in [3.63, 3.8) is 0 Å². The van der Waals surface area contributed by atoms with Gasteiger partial charge in [0.1, 0.15) is 0 Å². The molecule has 0 atom stereocenters. The summed E-state index contributed by atoms with van der Waals surface area (Å²) in [5.41, 5.74) is 5.01. The van der Waals surface area contributed by atoms with Crippen LogP contribution in [-0.4, -0.2) is 19.9 Å². The molecular formula is C30H36NO5+. The lowest BCUT2D eigenvalue weighted by Crippen LogP contribution is -2.41. The van der Waals surface area contributed by atoms with Gasteiger partial charge in [0.05, 0.1) is 18.1 Å². The van der Waals surface area contributed by atoms with Gasteiger partial charge in [-0.1, -0.05) is 45.4 Å². The molecule has 0 aliphatic carbocycles. The van der Waals surface area contributed by atoms with E-state index in [9.17, 15) is 4.79 Å². The third kappa shape index (κ3) is 4.73. The standard InChI is InChI=1S/C30H36NO5/c1-4-5-6-7-8-9-10-11-23-22-12-13-26(33-3)30(36-20(2)32)25(22)18-31-15-14-21-16-27-28(35-19-34-27)17-24(21)29(23)31/h12-13,16-18H,4-11,14-15,19H2,1-3H3/q+1. The molecule has 2 aliphatic heterocycles. The van der Waals surface area contributed by atoms with E-state index in [2.05, 4.69) is 35.9 Å². The molecule has 0 fully saturated rings. The van der Waals surface area contributed by atoms with Crippen molar-refractivity contribution in [2.24, 2.45) is 0 Å². The van der Waals surface area contributed by atoms with Crippen LogP contribution in [0.1, 0.15) is 69.9 Å². The van der Waals surface area contributed by atoms with Crippen LogP contribution in [0.3, 0.4) is 0 Å². The number of pyridine rings is 1. The number of unbranched alkanes of at least 4 members (excludes halogenated alkanes) is 6. The molecule has 3 aromatic rings. The third-order valence-corrected chi connectivity index (χ3v) is 7.31. The lowest BCUT2D eigenvalue weighted by molar-refractivity contribution is -0.686. The van der Waals surface area contributed by atoms with Gasteiger partial charge in [0, 0.05) is 24.3 Å². The number of aromatic nitrogens is 1. The van der Waals surface area contributed by atoms with Gasteiger partial charge in [-0.2, -0.15) is 4.57 Å². The van der Waals surface area contributed by atoms with Crippen molar-refractivity contribution in [1.29, 1.82) is 0 Å². The number of aryl methyl sites for hydroxylation is 3. The number of hydrogen-bond donors (Lipinski definition) is 0. The SMILES string of the molecule is CCCCCCCCCc1c2[n+](cc3c(OC(C)=O)c(OC)ccc13)CCc1cc3c(cc1-2)OCO3. The zero-order valence-electron chi connectivity index (χ0n) is 21.7. The predicted molar refractivity (Wildman–Crippen MR) is 139 cm³/mol. The number of esters is 1. The molecule has 0 saturated carbocycles. The van der Waals surface area contributed by atoms with Crippen LogP contribution < -0.4 is 23.5 Å². The largest absolute Gasteiger partial charge is 0.493 e. The molecule has 0 amide bonds. The highest BCUT2D eigenvalue weighted by atomic mass is 16.7. The summed E-state index contributed by atoms with van der Waals surface area (Å²) in [7, 11) is 1.61. The molecule has 3 heterocycles. The first-order valence-electron chi connectivity index (χ1n) is 13.3. The number of fused-ring (bicyclic) bond motifs is 5. The summed E-state index contributed by atoms with van der Waals surface area (Å²) >= 11 is 0. The number of hydrogen-bond acceptors (Lipinski definition) is 5. The van der Waals surface area contributed by atoms with Gasteiger partial charge < -0.3 is 18.9 Å². The molecule has 0 spiro atoms. The zero-order valence-corrected chi connectivity index (χ0v) is 21.7. The number of rotatable bonds is 10. The van der Waals surface area contributed by atoms with Gasteiger partial charge >= 0.3 is 5.97 Å². The van der Waals surface area contributed by atoms with Gasteiger partial charge in [-0.05, 0) is 42.7 Å². The fourth-order valence-electron chi connectivity index (χ4n) is 5.56. The molecule has 2 aromatic carbocycles. The molecule has 6 nitrogen and oxygen atoms in total. The van der Waals surface area contributed by atoms with Crippen molar-refractivity contribution in [3.05, 3.63) is 41.6 Å². The molecular weight excluding hydrogens is 454 g/mol. The van der Waals surface area contributed by atoms with Crippen molar-refractivity contribution in [1.82, 2.24) is 0 Å². The van der Waals surface area contributed by atoms with E-state index >= 15 is 0 Å². The zero-order chi connectivity index (χ0) is 25.1. The molecule has 0 bridgehead atoms. The Morgan fingerprint density at radius 2 is 1.75 bits per heavy atom. The Labute approximate surface area is 213 Å². The van der Waals surface area contributed by atoms with E-state index in [4.69, 9.17) is 18.9 Å². The van der Waals surface area contributed by atoms with Crippen molar-refractivity contribution < 1.29 is 28.3 Å². The van der Waals surface area contributed by atoms with Crippen molar-refractivity contribution in [2.75, 3.05) is 13.9 Å². The topological polar surface area (TPSA) is 57.9 Å². The molecule has 2 aliphatic rings. The van der Waals surface area contributed by atoms with Gasteiger partial charge in [-0.3, -0.25) is 4.79 Å². The minimum Gasteiger partial charge on any atom is -0.493 e. The Hall–Kier alpha value is -3.28. The van der Waals surface area contributed by atoms with Crippen LogP contribution in [-0.2, 0) is 24.2 Å². The monoisotopic (exact) mass is 490 g/mol. The fraction of sp³-hybridized carbons (Fsp3) is 0.467. The molecule has 5 rings (SSSR count). The maximum atomic E-state index is 12.0. The van der Waals surface area contributed by atoms with Crippen molar-refractivity contribution in [2.45, 2.75) is 78.2 Å². The maximum Gasteiger partial charge on any atom is 0.308 e. The van der Waals surface area contributed by atoms with E-state index in [1.807, 2.05) is 6.07 Å². The number of ether oxygens (including phenoxy) is 4. The van der Waals surface area contributed by atoms with E-state index in [1.54, 1.807) is 7.11 Å². The minimum absolute atomic E-state index is 0.270. The van der Waals surface area contributed by atoms with Gasteiger partial charge in [-0.15, -0.1) is 0 Å². The lowest BCUT2D eigenvalue weighted by Gasteiger charge is -2.21. The Balaban J connectivity index is 1.60. The molecule has 0 radical (unpaired) electrons. The second kappa shape index (κ2) is 10.8. The van der Waals surface area contributed by atoms with E-state index in [0.717, 1.165) is 48.1 Å². The molecule has 190 valence electrons. The lowest BCUT2D eigenvalue weighted by atomic mass is 9.89. The van der Waals surface area contributed by atoms with Crippen LogP contribution in [0.4, 0.5) is 0 Å². The number of methoxy groups -OCH3 is 1. The van der Waals surface area contributed by atoms with Crippen LogP contribution in [0.5, 0.6) is 23.0 Å². The van der Waals surface area contributed by atoms with Crippen LogP contribution >= 0.6 is 0 Å². The molecule has 0 N–H and O–H groups in total. The van der Waals surface area contributed by atoms with Gasteiger partial charge in [-0.25, -0.2) is 0 Å². The van der Waals surface area contributed by atoms with E-state index < -0.39 is 0 Å². The quantitative estimate of drug-likeness (QED) is 0.144. The average Bonchev–Trinajstić information content (AvgIpc) is 3.33. The highest BCUT2D eigenvalue weighted by molar-refractivity contribution is 5.96. The molecule has 0 saturated heterocycles. The Kier molecular flexibility index (Phi) is 7.30. The Morgan fingerprint density at radius 1 is 1.00 bits per heavy atom. The highest BCUT2D eigenvalue weighted by Crippen LogP contribution is 2.44. The Bertz CT molecular complexity index is 1280. The van der Waals surface area contributed by atoms with Crippen LogP contribution in [0, 0.1) is 0 Å². The van der Waals surface area contributed by atoms with Crippen LogP contribution in [0.2, 0.25) is 0 Å². The summed E-state index contributed by atoms with van der Waals surface area (Å²) in [5.74, 6) is 2.35. The van der Waals surface area contributed by atoms with E-state index in [-0.39, 0.29) is 12.8 Å². The highest BCUT2D eigenvalue weighted by Gasteiger charge is 2.32. The van der Waals surface area contributed by atoms with E-state index in [0.29, 0.717) is 11.5 Å². The summed E-state index contributed by atoms with van der Waals surface area (Å²) in [4.78, 5) is 12.0. The maximum absolute atomic E-state index is 12.0. The Morgan fingerprint density at radius 3 is 2.50 bits per heavy atom. The molecule has 1 aromatic heterocycles. The fourth-order valence-corrected chi connectivity index (χ4v) is 5.56. The van der Waals surface area contributed by atoms with Crippen LogP contribution in [0.25, 0.3) is 22.0 Å². The summed E-state index contributed by atoms with van der Waals surface area (Å²) < 4.78 is 25.0. The summed E-state index contributed by atoms with van der Waals surface area (Å²) in [6.45, 7) is 4.80. The number of carbonyl (C=O) groups excluding carboxylic acids is 1. The predicted octanol–water partition coefficient (Wildman–Crippen LogP) is 6.31. The first-order valence-corrected chi connectivity index (χ1v) is 13.3. The van der Waals surface area contributed by atoms with Gasteiger partial charge in [0.25, 0.3) is 0 Å². The number of benzene rings is 2. The third-order valence-electron chi connectivity index (χ3n) is 7.31. The first kappa shape index (κ1) is 24.4. The second-order valence-electron chi connectivity index (χ2n) is 9.79.